The number of hydrogen-bond acceptors (Lipinski definition) is 3. The minimum Gasteiger partial charge on any atom is -0.335 e. The fraction of sp³-hybridized carbons (Fsp3) is 0.529. The summed E-state index contributed by atoms with van der Waals surface area (Å²) in [6.07, 6.45) is 2.75. The molecule has 0 aromatic heterocycles. The van der Waals surface area contributed by atoms with E-state index in [0.29, 0.717) is 24.7 Å². The SMILES string of the molecule is N[C@@H]1CCC[C@@H]1C(=O)N1CCN(Cc2ccc(Cl)cc2)C(=O)C1. The topological polar surface area (TPSA) is 66.6 Å². The number of carbonyl (C=O) groups is 2. The van der Waals surface area contributed by atoms with Gasteiger partial charge in [-0.2, -0.15) is 0 Å². The van der Waals surface area contributed by atoms with Crippen molar-refractivity contribution in [3.05, 3.63) is 34.9 Å². The van der Waals surface area contributed by atoms with Crippen molar-refractivity contribution in [3.63, 3.8) is 0 Å². The highest BCUT2D eigenvalue weighted by atomic mass is 35.5. The Kier molecular flexibility index (Phi) is 4.87. The average Bonchev–Trinajstić information content (AvgIpc) is 2.97. The smallest absolute Gasteiger partial charge is 0.242 e. The Morgan fingerprint density at radius 2 is 1.96 bits per heavy atom. The molecule has 2 N–H and O–H groups in total. The van der Waals surface area contributed by atoms with Gasteiger partial charge in [0.15, 0.2) is 0 Å². The maximum absolute atomic E-state index is 12.5. The van der Waals surface area contributed by atoms with Crippen molar-refractivity contribution in [1.29, 1.82) is 0 Å². The minimum absolute atomic E-state index is 0.00822. The molecule has 1 saturated heterocycles. The third-order valence-corrected chi connectivity index (χ3v) is 5.06. The van der Waals surface area contributed by atoms with Crippen LogP contribution in [-0.2, 0) is 16.1 Å². The minimum atomic E-state index is -0.106. The molecule has 2 aliphatic rings. The van der Waals surface area contributed by atoms with Crippen molar-refractivity contribution in [2.75, 3.05) is 19.6 Å². The molecule has 23 heavy (non-hydrogen) atoms. The predicted molar refractivity (Wildman–Crippen MR) is 88.8 cm³/mol. The summed E-state index contributed by atoms with van der Waals surface area (Å²) in [7, 11) is 0. The van der Waals surface area contributed by atoms with E-state index in [1.807, 2.05) is 24.3 Å². The van der Waals surface area contributed by atoms with Gasteiger partial charge in [0, 0.05) is 30.7 Å². The van der Waals surface area contributed by atoms with Crippen LogP contribution in [0, 0.1) is 5.92 Å². The van der Waals surface area contributed by atoms with Crippen LogP contribution in [0.5, 0.6) is 0 Å². The molecule has 2 amide bonds. The molecule has 0 spiro atoms. The van der Waals surface area contributed by atoms with Gasteiger partial charge in [0.1, 0.15) is 0 Å². The number of piperazine rings is 1. The highest BCUT2D eigenvalue weighted by molar-refractivity contribution is 6.30. The third kappa shape index (κ3) is 3.67. The summed E-state index contributed by atoms with van der Waals surface area (Å²) in [6, 6.07) is 7.44. The summed E-state index contributed by atoms with van der Waals surface area (Å²) >= 11 is 5.88. The van der Waals surface area contributed by atoms with E-state index in [1.54, 1.807) is 9.80 Å². The number of rotatable bonds is 3. The van der Waals surface area contributed by atoms with E-state index in [4.69, 9.17) is 17.3 Å². The van der Waals surface area contributed by atoms with Crippen LogP contribution in [0.2, 0.25) is 5.02 Å². The molecule has 0 unspecified atom stereocenters. The molecule has 1 aromatic rings. The van der Waals surface area contributed by atoms with Gasteiger partial charge in [-0.05, 0) is 30.5 Å². The van der Waals surface area contributed by atoms with Gasteiger partial charge < -0.3 is 15.5 Å². The van der Waals surface area contributed by atoms with Gasteiger partial charge in [-0.15, -0.1) is 0 Å². The standard InChI is InChI=1S/C17H22ClN3O2/c18-13-6-4-12(5-7-13)10-20-8-9-21(11-16(20)22)17(23)14-2-1-3-15(14)19/h4-7,14-15H,1-3,8-11,19H2/t14-,15+/m0/s1. The maximum Gasteiger partial charge on any atom is 0.242 e. The van der Waals surface area contributed by atoms with Gasteiger partial charge >= 0.3 is 0 Å². The maximum atomic E-state index is 12.5. The lowest BCUT2D eigenvalue weighted by molar-refractivity contribution is -0.148. The number of halogens is 1. The van der Waals surface area contributed by atoms with Crippen molar-refractivity contribution in [3.8, 4) is 0 Å². The van der Waals surface area contributed by atoms with E-state index < -0.39 is 0 Å². The molecule has 6 heteroatoms. The first-order valence-corrected chi connectivity index (χ1v) is 8.49. The molecule has 124 valence electrons. The number of nitrogens with two attached hydrogens (primary N) is 1. The molecule has 3 rings (SSSR count). The summed E-state index contributed by atoms with van der Waals surface area (Å²) < 4.78 is 0. The number of amides is 2. The Morgan fingerprint density at radius 1 is 1.22 bits per heavy atom. The van der Waals surface area contributed by atoms with Crippen LogP contribution in [0.1, 0.15) is 24.8 Å². The van der Waals surface area contributed by atoms with Crippen molar-refractivity contribution in [1.82, 2.24) is 9.80 Å². The Labute approximate surface area is 141 Å². The fourth-order valence-electron chi connectivity index (χ4n) is 3.40. The third-order valence-electron chi connectivity index (χ3n) is 4.80. The average molecular weight is 336 g/mol. The molecule has 1 aliphatic heterocycles. The van der Waals surface area contributed by atoms with Crippen molar-refractivity contribution in [2.45, 2.75) is 31.8 Å². The lowest BCUT2D eigenvalue weighted by Gasteiger charge is -2.36. The van der Waals surface area contributed by atoms with E-state index >= 15 is 0 Å². The van der Waals surface area contributed by atoms with Crippen LogP contribution < -0.4 is 5.73 Å². The lowest BCUT2D eigenvalue weighted by atomic mass is 10.0. The van der Waals surface area contributed by atoms with E-state index in [9.17, 15) is 9.59 Å². The van der Waals surface area contributed by atoms with Gasteiger partial charge in [-0.1, -0.05) is 30.2 Å². The number of nitrogens with zero attached hydrogens (tertiary/aromatic N) is 2. The Balaban J connectivity index is 1.57. The van der Waals surface area contributed by atoms with Crippen molar-refractivity contribution in [2.24, 2.45) is 11.7 Å². The van der Waals surface area contributed by atoms with Crippen LogP contribution in [0.4, 0.5) is 0 Å². The highest BCUT2D eigenvalue weighted by Crippen LogP contribution is 2.26. The van der Waals surface area contributed by atoms with Gasteiger partial charge in [0.25, 0.3) is 0 Å². The largest absolute Gasteiger partial charge is 0.335 e. The first kappa shape index (κ1) is 16.3. The van der Waals surface area contributed by atoms with E-state index in [1.165, 1.54) is 0 Å². The van der Waals surface area contributed by atoms with Gasteiger partial charge in [-0.25, -0.2) is 0 Å². The second kappa shape index (κ2) is 6.89. The van der Waals surface area contributed by atoms with Crippen LogP contribution >= 0.6 is 11.6 Å². The first-order chi connectivity index (χ1) is 11.0. The van der Waals surface area contributed by atoms with Crippen LogP contribution in [0.15, 0.2) is 24.3 Å². The number of carbonyl (C=O) groups excluding carboxylic acids is 2. The molecule has 1 aliphatic carbocycles. The predicted octanol–water partition coefficient (Wildman–Crippen LogP) is 1.64. The molecule has 2 fully saturated rings. The number of hydrogen-bond donors (Lipinski definition) is 1. The van der Waals surface area contributed by atoms with Crippen LogP contribution in [0.25, 0.3) is 0 Å². The molecule has 1 heterocycles. The summed E-state index contributed by atoms with van der Waals surface area (Å²) in [6.45, 7) is 1.87. The summed E-state index contributed by atoms with van der Waals surface area (Å²) in [5, 5.41) is 0.684. The van der Waals surface area contributed by atoms with E-state index in [0.717, 1.165) is 24.8 Å². The molecule has 0 radical (unpaired) electrons. The summed E-state index contributed by atoms with van der Waals surface area (Å²) in [4.78, 5) is 28.3. The summed E-state index contributed by atoms with van der Waals surface area (Å²) in [5.74, 6) is -0.0637. The molecular weight excluding hydrogens is 314 g/mol. The fourth-order valence-corrected chi connectivity index (χ4v) is 3.53. The van der Waals surface area contributed by atoms with Crippen molar-refractivity contribution >= 4 is 23.4 Å². The molecule has 1 saturated carbocycles. The normalized spacial score (nSPS) is 25.0. The number of benzene rings is 1. The Bertz CT molecular complexity index is 590. The van der Waals surface area contributed by atoms with Gasteiger partial charge in [0.05, 0.1) is 12.5 Å². The van der Waals surface area contributed by atoms with E-state index in [-0.39, 0.29) is 30.3 Å². The zero-order valence-corrected chi connectivity index (χ0v) is 13.8. The second-order valence-electron chi connectivity index (χ2n) is 6.40. The Morgan fingerprint density at radius 3 is 2.57 bits per heavy atom. The van der Waals surface area contributed by atoms with Gasteiger partial charge in [-0.3, -0.25) is 9.59 Å². The van der Waals surface area contributed by atoms with Crippen LogP contribution in [0.3, 0.4) is 0 Å². The summed E-state index contributed by atoms with van der Waals surface area (Å²) in [5.41, 5.74) is 7.05. The molecule has 5 nitrogen and oxygen atoms in total. The highest BCUT2D eigenvalue weighted by Gasteiger charge is 2.36. The lowest BCUT2D eigenvalue weighted by Crippen LogP contribution is -2.54. The molecular formula is C17H22ClN3O2. The first-order valence-electron chi connectivity index (χ1n) is 8.11. The monoisotopic (exact) mass is 335 g/mol. The Hall–Kier alpha value is -1.59. The molecule has 1 aromatic carbocycles. The van der Waals surface area contributed by atoms with E-state index in [2.05, 4.69) is 0 Å². The molecule has 2 atom stereocenters. The second-order valence-corrected chi connectivity index (χ2v) is 6.84. The zero-order valence-electron chi connectivity index (χ0n) is 13.1. The zero-order chi connectivity index (χ0) is 16.4. The quantitative estimate of drug-likeness (QED) is 0.913. The van der Waals surface area contributed by atoms with Crippen molar-refractivity contribution < 1.29 is 9.59 Å². The van der Waals surface area contributed by atoms with Crippen LogP contribution in [-0.4, -0.2) is 47.3 Å². The van der Waals surface area contributed by atoms with Gasteiger partial charge in [0.2, 0.25) is 11.8 Å². The molecule has 0 bridgehead atoms.